The van der Waals surface area contributed by atoms with Crippen molar-refractivity contribution in [1.82, 2.24) is 0 Å². The lowest BCUT2D eigenvalue weighted by atomic mass is 9.88. The molecule has 0 aliphatic rings. The van der Waals surface area contributed by atoms with Crippen molar-refractivity contribution in [3.05, 3.63) is 25.3 Å². The molecule has 0 atom stereocenters. The smallest absolute Gasteiger partial charge is 0.396 e. The summed E-state index contributed by atoms with van der Waals surface area (Å²) in [5.41, 5.74) is -0.667. The Morgan fingerprint density at radius 3 is 1.62 bits per heavy atom. The van der Waals surface area contributed by atoms with Crippen LogP contribution in [0.25, 0.3) is 0 Å². The van der Waals surface area contributed by atoms with Crippen LogP contribution in [-0.2, 0) is 33.7 Å². The van der Waals surface area contributed by atoms with E-state index >= 15 is 0 Å². The molecule has 0 spiro atoms. The molecule has 0 radical (unpaired) electrons. The van der Waals surface area contributed by atoms with E-state index in [9.17, 15) is 19.2 Å². The maximum absolute atomic E-state index is 10.6. The third-order valence-corrected chi connectivity index (χ3v) is 2.65. The van der Waals surface area contributed by atoms with Gasteiger partial charge in [0.25, 0.3) is 0 Å². The molecule has 0 aromatic rings. The van der Waals surface area contributed by atoms with Gasteiger partial charge in [0, 0.05) is 17.6 Å². The van der Waals surface area contributed by atoms with Crippen LogP contribution in [0.15, 0.2) is 25.3 Å². The molecule has 0 saturated heterocycles. The Kier molecular flexibility index (Phi) is 12.8. The molecule has 136 valence electrons. The third kappa shape index (κ3) is 9.46. The summed E-state index contributed by atoms with van der Waals surface area (Å²) in [4.78, 5) is 49.5. The molecule has 0 aliphatic heterocycles. The maximum Gasteiger partial charge on any atom is 0.463 e. The minimum Gasteiger partial charge on any atom is -0.396 e. The SMILES string of the molecule is C=CC(=O)OOC(=O)C(=O)OC(=O)C=C.CCC(CO)(CO)CO. The lowest BCUT2D eigenvalue weighted by Crippen LogP contribution is -2.32. The molecule has 0 aliphatic carbocycles. The molecule has 3 N–H and O–H groups in total. The van der Waals surface area contributed by atoms with Gasteiger partial charge in [-0.15, -0.1) is 0 Å². The first-order valence-electron chi connectivity index (χ1n) is 6.51. The first-order valence-corrected chi connectivity index (χ1v) is 6.51. The van der Waals surface area contributed by atoms with Gasteiger partial charge in [0.05, 0.1) is 19.8 Å². The Morgan fingerprint density at radius 1 is 0.875 bits per heavy atom. The second-order valence-corrected chi connectivity index (χ2v) is 4.22. The summed E-state index contributed by atoms with van der Waals surface area (Å²) in [6, 6.07) is 0. The van der Waals surface area contributed by atoms with Crippen LogP contribution < -0.4 is 0 Å². The highest BCUT2D eigenvalue weighted by molar-refractivity contribution is 6.31. The van der Waals surface area contributed by atoms with E-state index < -0.39 is 29.3 Å². The van der Waals surface area contributed by atoms with Gasteiger partial charge < -0.3 is 20.1 Å². The lowest BCUT2D eigenvalue weighted by Gasteiger charge is -2.24. The average molecular weight is 348 g/mol. The predicted molar refractivity (Wildman–Crippen MR) is 77.7 cm³/mol. The number of carbonyl (C=O) groups is 4. The highest BCUT2D eigenvalue weighted by atomic mass is 17.2. The van der Waals surface area contributed by atoms with E-state index in [0.717, 1.165) is 0 Å². The van der Waals surface area contributed by atoms with Crippen LogP contribution in [0.4, 0.5) is 0 Å². The van der Waals surface area contributed by atoms with Gasteiger partial charge in [-0.3, -0.25) is 0 Å². The Balaban J connectivity index is 0. The van der Waals surface area contributed by atoms with Crippen molar-refractivity contribution in [2.24, 2.45) is 5.41 Å². The molecule has 0 saturated carbocycles. The predicted octanol–water partition coefficient (Wildman–Crippen LogP) is -1.21. The number of carbonyl (C=O) groups excluding carboxylic acids is 4. The first kappa shape index (κ1) is 23.7. The normalized spacial score (nSPS) is 9.67. The maximum atomic E-state index is 10.6. The number of aliphatic hydroxyl groups excluding tert-OH is 3. The third-order valence-electron chi connectivity index (χ3n) is 2.65. The molecular weight excluding hydrogens is 328 g/mol. The summed E-state index contributed by atoms with van der Waals surface area (Å²) in [5.74, 6) is -5.49. The number of ether oxygens (including phenoxy) is 1. The van der Waals surface area contributed by atoms with Crippen LogP contribution >= 0.6 is 0 Å². The summed E-state index contributed by atoms with van der Waals surface area (Å²) < 4.78 is 3.84. The van der Waals surface area contributed by atoms with Crippen molar-refractivity contribution < 1.29 is 49.0 Å². The van der Waals surface area contributed by atoms with E-state index in [-0.39, 0.29) is 19.8 Å². The summed E-state index contributed by atoms with van der Waals surface area (Å²) in [6.07, 6.45) is 1.96. The fraction of sp³-hybridized carbons (Fsp3) is 0.429. The van der Waals surface area contributed by atoms with Crippen molar-refractivity contribution in [3.63, 3.8) is 0 Å². The molecule has 10 heteroatoms. The topological polar surface area (TPSA) is 157 Å². The molecule has 0 aromatic heterocycles. The van der Waals surface area contributed by atoms with Gasteiger partial charge in [-0.2, -0.15) is 0 Å². The van der Waals surface area contributed by atoms with Crippen molar-refractivity contribution in [1.29, 1.82) is 0 Å². The van der Waals surface area contributed by atoms with Crippen LogP contribution in [0.5, 0.6) is 0 Å². The molecule has 10 nitrogen and oxygen atoms in total. The number of esters is 2. The molecular formula is C14H20O10. The molecule has 0 aromatic carbocycles. The lowest BCUT2D eigenvalue weighted by molar-refractivity contribution is -0.255. The summed E-state index contributed by atoms with van der Waals surface area (Å²) in [7, 11) is 0. The summed E-state index contributed by atoms with van der Waals surface area (Å²) in [6.45, 7) is 7.33. The summed E-state index contributed by atoms with van der Waals surface area (Å²) in [5, 5.41) is 26.0. The zero-order valence-corrected chi connectivity index (χ0v) is 13.1. The van der Waals surface area contributed by atoms with Gasteiger partial charge in [-0.05, 0) is 6.42 Å². The Labute approximate surface area is 137 Å². The van der Waals surface area contributed by atoms with Crippen molar-refractivity contribution in [2.75, 3.05) is 19.8 Å². The quantitative estimate of drug-likeness (QED) is 0.133. The Bertz CT molecular complexity index is 447. The average Bonchev–Trinajstić information content (AvgIpc) is 2.62. The first-order chi connectivity index (χ1) is 11.2. The molecule has 0 fully saturated rings. The van der Waals surface area contributed by atoms with Gasteiger partial charge in [0.1, 0.15) is 0 Å². The van der Waals surface area contributed by atoms with Crippen LogP contribution in [0, 0.1) is 5.41 Å². The van der Waals surface area contributed by atoms with Gasteiger partial charge in [0.2, 0.25) is 0 Å². The number of aliphatic hydroxyl groups is 3. The van der Waals surface area contributed by atoms with Gasteiger partial charge >= 0.3 is 23.9 Å². The largest absolute Gasteiger partial charge is 0.463 e. The molecule has 0 unspecified atom stereocenters. The molecule has 0 rings (SSSR count). The van der Waals surface area contributed by atoms with E-state index in [2.05, 4.69) is 27.7 Å². The minimum absolute atomic E-state index is 0.156. The number of hydrogen-bond acceptors (Lipinski definition) is 10. The number of hydrogen-bond donors (Lipinski definition) is 3. The van der Waals surface area contributed by atoms with Gasteiger partial charge in [-0.1, -0.05) is 20.1 Å². The second-order valence-electron chi connectivity index (χ2n) is 4.22. The summed E-state index contributed by atoms with van der Waals surface area (Å²) >= 11 is 0. The monoisotopic (exact) mass is 348 g/mol. The highest BCUT2D eigenvalue weighted by Crippen LogP contribution is 2.18. The zero-order chi connectivity index (χ0) is 19.2. The highest BCUT2D eigenvalue weighted by Gasteiger charge is 2.25. The fourth-order valence-electron chi connectivity index (χ4n) is 0.807. The van der Waals surface area contributed by atoms with Crippen molar-refractivity contribution >= 4 is 23.9 Å². The van der Waals surface area contributed by atoms with Crippen molar-refractivity contribution in [2.45, 2.75) is 13.3 Å². The Hall–Kier alpha value is -2.56. The second kappa shape index (κ2) is 12.9. The van der Waals surface area contributed by atoms with E-state index in [1.54, 1.807) is 0 Å². The Morgan fingerprint density at radius 2 is 1.33 bits per heavy atom. The minimum atomic E-state index is -1.65. The molecule has 0 heterocycles. The van der Waals surface area contributed by atoms with Crippen molar-refractivity contribution in [3.8, 4) is 0 Å². The van der Waals surface area contributed by atoms with Crippen LogP contribution in [0.3, 0.4) is 0 Å². The van der Waals surface area contributed by atoms with E-state index in [4.69, 9.17) is 15.3 Å². The molecule has 0 bridgehead atoms. The molecule has 0 amide bonds. The fourth-order valence-corrected chi connectivity index (χ4v) is 0.807. The molecule has 24 heavy (non-hydrogen) atoms. The van der Waals surface area contributed by atoms with Gasteiger partial charge in [-0.25, -0.2) is 29.0 Å². The van der Waals surface area contributed by atoms with Gasteiger partial charge in [0.15, 0.2) is 0 Å². The van der Waals surface area contributed by atoms with Crippen LogP contribution in [0.2, 0.25) is 0 Å². The van der Waals surface area contributed by atoms with Crippen LogP contribution in [-0.4, -0.2) is 59.0 Å². The number of rotatable bonds is 6. The van der Waals surface area contributed by atoms with E-state index in [0.29, 0.717) is 18.6 Å². The zero-order valence-electron chi connectivity index (χ0n) is 13.1. The van der Waals surface area contributed by atoms with Crippen LogP contribution in [0.1, 0.15) is 13.3 Å². The van der Waals surface area contributed by atoms with E-state index in [1.165, 1.54) is 0 Å². The van der Waals surface area contributed by atoms with E-state index in [1.807, 2.05) is 6.92 Å². The standard InChI is InChI=1S/C8H6O7.C6H14O3/c1-3-5(9)13-7(11)8(12)15-14-6(10)4-2;1-2-6(3-7,4-8)5-9/h3-4H,1-2H2;7-9H,2-5H2,1H3.